The molecule has 2 unspecified atom stereocenters. The van der Waals surface area contributed by atoms with Crippen molar-refractivity contribution < 1.29 is 0 Å². The summed E-state index contributed by atoms with van der Waals surface area (Å²) in [5, 5.41) is 3.50. The number of nitrogens with one attached hydrogen (secondary N) is 1. The summed E-state index contributed by atoms with van der Waals surface area (Å²) >= 11 is 0. The highest BCUT2D eigenvalue weighted by Gasteiger charge is 2.27. The third-order valence-corrected chi connectivity index (χ3v) is 5.13. The van der Waals surface area contributed by atoms with Crippen LogP contribution < -0.4 is 5.32 Å². The summed E-state index contributed by atoms with van der Waals surface area (Å²) in [6, 6.07) is 1.61. The Hall–Kier alpha value is -0.120. The van der Waals surface area contributed by atoms with Gasteiger partial charge >= 0.3 is 0 Å². The standard InChI is InChI=1S/C15H31N3/c1-16-15-6-4-5-13(15)7-10-18-11-8-14(9-12-18)17(2)3/h13-16H,4-12H2,1-3H3. The number of rotatable bonds is 5. The quantitative estimate of drug-likeness (QED) is 0.806. The lowest BCUT2D eigenvalue weighted by Gasteiger charge is -2.35. The van der Waals surface area contributed by atoms with Crippen LogP contribution in [0.4, 0.5) is 0 Å². The van der Waals surface area contributed by atoms with Gasteiger partial charge in [-0.05, 0) is 78.8 Å². The molecule has 1 N–H and O–H groups in total. The van der Waals surface area contributed by atoms with Crippen molar-refractivity contribution in [1.29, 1.82) is 0 Å². The molecule has 1 saturated heterocycles. The second kappa shape index (κ2) is 6.88. The lowest BCUT2D eigenvalue weighted by Crippen LogP contribution is -2.43. The van der Waals surface area contributed by atoms with Gasteiger partial charge in [0, 0.05) is 12.1 Å². The molecule has 2 fully saturated rings. The Morgan fingerprint density at radius 1 is 1.11 bits per heavy atom. The summed E-state index contributed by atoms with van der Waals surface area (Å²) in [4.78, 5) is 5.08. The van der Waals surface area contributed by atoms with Gasteiger partial charge in [-0.3, -0.25) is 0 Å². The highest BCUT2D eigenvalue weighted by molar-refractivity contribution is 4.84. The van der Waals surface area contributed by atoms with E-state index in [1.54, 1.807) is 0 Å². The van der Waals surface area contributed by atoms with Crippen molar-refractivity contribution in [3.8, 4) is 0 Å². The monoisotopic (exact) mass is 253 g/mol. The van der Waals surface area contributed by atoms with Crippen molar-refractivity contribution in [2.45, 2.75) is 50.6 Å². The highest BCUT2D eigenvalue weighted by Crippen LogP contribution is 2.28. The summed E-state index contributed by atoms with van der Waals surface area (Å²) in [5.41, 5.74) is 0. The first-order valence-corrected chi connectivity index (χ1v) is 7.76. The molecule has 0 radical (unpaired) electrons. The molecule has 0 spiro atoms. The van der Waals surface area contributed by atoms with E-state index in [1.807, 2.05) is 0 Å². The largest absolute Gasteiger partial charge is 0.317 e. The van der Waals surface area contributed by atoms with E-state index in [-0.39, 0.29) is 0 Å². The molecule has 3 heteroatoms. The molecule has 0 aromatic rings. The molecule has 1 heterocycles. The van der Waals surface area contributed by atoms with Crippen LogP contribution in [-0.4, -0.2) is 62.7 Å². The zero-order chi connectivity index (χ0) is 13.0. The van der Waals surface area contributed by atoms with Gasteiger partial charge < -0.3 is 15.1 Å². The first-order valence-electron chi connectivity index (χ1n) is 7.76. The second-order valence-electron chi connectivity index (χ2n) is 6.41. The summed E-state index contributed by atoms with van der Waals surface area (Å²) < 4.78 is 0. The molecular weight excluding hydrogens is 222 g/mol. The summed E-state index contributed by atoms with van der Waals surface area (Å²) in [6.45, 7) is 3.93. The molecule has 3 nitrogen and oxygen atoms in total. The van der Waals surface area contributed by atoms with E-state index in [2.05, 4.69) is 36.3 Å². The van der Waals surface area contributed by atoms with Crippen molar-refractivity contribution in [2.24, 2.45) is 5.92 Å². The molecule has 0 amide bonds. The smallest absolute Gasteiger partial charge is 0.0113 e. The fourth-order valence-corrected chi connectivity index (χ4v) is 3.77. The normalized spacial score (nSPS) is 31.3. The maximum Gasteiger partial charge on any atom is 0.0113 e. The molecule has 0 aromatic carbocycles. The number of hydrogen-bond acceptors (Lipinski definition) is 3. The van der Waals surface area contributed by atoms with Crippen LogP contribution >= 0.6 is 0 Å². The zero-order valence-electron chi connectivity index (χ0n) is 12.5. The number of likely N-dealkylation sites (tertiary alicyclic amines) is 1. The van der Waals surface area contributed by atoms with Crippen LogP contribution in [0.1, 0.15) is 38.5 Å². The van der Waals surface area contributed by atoms with E-state index in [4.69, 9.17) is 0 Å². The maximum atomic E-state index is 3.50. The molecule has 2 aliphatic rings. The van der Waals surface area contributed by atoms with Crippen LogP contribution in [-0.2, 0) is 0 Å². The van der Waals surface area contributed by atoms with E-state index in [0.29, 0.717) is 0 Å². The summed E-state index contributed by atoms with van der Waals surface area (Å²) in [7, 11) is 6.57. The van der Waals surface area contributed by atoms with Crippen LogP contribution in [0.15, 0.2) is 0 Å². The molecule has 0 bridgehead atoms. The lowest BCUT2D eigenvalue weighted by atomic mass is 9.98. The van der Waals surface area contributed by atoms with Crippen LogP contribution in [0.2, 0.25) is 0 Å². The predicted molar refractivity (Wildman–Crippen MR) is 78.0 cm³/mol. The Balaban J connectivity index is 1.66. The number of nitrogens with zero attached hydrogens (tertiary/aromatic N) is 2. The van der Waals surface area contributed by atoms with E-state index >= 15 is 0 Å². The zero-order valence-corrected chi connectivity index (χ0v) is 12.5. The Kier molecular flexibility index (Phi) is 5.46. The number of piperidine rings is 1. The van der Waals surface area contributed by atoms with Crippen LogP contribution in [0.3, 0.4) is 0 Å². The van der Waals surface area contributed by atoms with Gasteiger partial charge in [-0.2, -0.15) is 0 Å². The molecule has 18 heavy (non-hydrogen) atoms. The average Bonchev–Trinajstić information content (AvgIpc) is 2.84. The van der Waals surface area contributed by atoms with Gasteiger partial charge in [-0.15, -0.1) is 0 Å². The fraction of sp³-hybridized carbons (Fsp3) is 1.00. The van der Waals surface area contributed by atoms with Gasteiger partial charge in [-0.1, -0.05) is 6.42 Å². The first kappa shape index (κ1) is 14.3. The first-order chi connectivity index (χ1) is 8.70. The van der Waals surface area contributed by atoms with E-state index in [0.717, 1.165) is 18.0 Å². The Morgan fingerprint density at radius 3 is 2.44 bits per heavy atom. The average molecular weight is 253 g/mol. The Labute approximate surface area is 113 Å². The lowest BCUT2D eigenvalue weighted by molar-refractivity contribution is 0.137. The SMILES string of the molecule is CNC1CCCC1CCN1CCC(N(C)C)CC1. The third-order valence-electron chi connectivity index (χ3n) is 5.13. The van der Waals surface area contributed by atoms with Crippen LogP contribution in [0, 0.1) is 5.92 Å². The Morgan fingerprint density at radius 2 is 1.83 bits per heavy atom. The molecule has 2 atom stereocenters. The van der Waals surface area contributed by atoms with Crippen LogP contribution in [0.5, 0.6) is 0 Å². The molecule has 1 aliphatic heterocycles. The second-order valence-corrected chi connectivity index (χ2v) is 6.41. The summed E-state index contributed by atoms with van der Waals surface area (Å²) in [5.74, 6) is 0.932. The van der Waals surface area contributed by atoms with Gasteiger partial charge in [0.25, 0.3) is 0 Å². The topological polar surface area (TPSA) is 18.5 Å². The van der Waals surface area contributed by atoms with E-state index in [9.17, 15) is 0 Å². The molecule has 2 rings (SSSR count). The van der Waals surface area contributed by atoms with Gasteiger partial charge in [0.05, 0.1) is 0 Å². The van der Waals surface area contributed by atoms with Crippen molar-refractivity contribution in [3.63, 3.8) is 0 Å². The minimum Gasteiger partial charge on any atom is -0.317 e. The van der Waals surface area contributed by atoms with Crippen molar-refractivity contribution in [1.82, 2.24) is 15.1 Å². The predicted octanol–water partition coefficient (Wildman–Crippen LogP) is 1.79. The minimum absolute atomic E-state index is 0.796. The minimum atomic E-state index is 0.796. The molecule has 0 aromatic heterocycles. The maximum absolute atomic E-state index is 3.50. The van der Waals surface area contributed by atoms with Crippen molar-refractivity contribution >= 4 is 0 Å². The molecule has 1 aliphatic carbocycles. The summed E-state index contributed by atoms with van der Waals surface area (Å²) in [6.07, 6.45) is 8.38. The molecule has 1 saturated carbocycles. The third kappa shape index (κ3) is 3.69. The van der Waals surface area contributed by atoms with Crippen molar-refractivity contribution in [3.05, 3.63) is 0 Å². The highest BCUT2D eigenvalue weighted by atomic mass is 15.2. The molecular formula is C15H31N3. The van der Waals surface area contributed by atoms with E-state index < -0.39 is 0 Å². The molecule has 106 valence electrons. The van der Waals surface area contributed by atoms with Gasteiger partial charge in [0.15, 0.2) is 0 Å². The van der Waals surface area contributed by atoms with Gasteiger partial charge in [0.1, 0.15) is 0 Å². The van der Waals surface area contributed by atoms with Gasteiger partial charge in [-0.25, -0.2) is 0 Å². The van der Waals surface area contributed by atoms with E-state index in [1.165, 1.54) is 58.2 Å². The van der Waals surface area contributed by atoms with Crippen LogP contribution in [0.25, 0.3) is 0 Å². The van der Waals surface area contributed by atoms with Crippen molar-refractivity contribution in [2.75, 3.05) is 40.8 Å². The Bertz CT molecular complexity index is 234. The van der Waals surface area contributed by atoms with Gasteiger partial charge in [0.2, 0.25) is 0 Å². The fourth-order valence-electron chi connectivity index (χ4n) is 3.77. The number of hydrogen-bond donors (Lipinski definition) is 1.